The van der Waals surface area contributed by atoms with Gasteiger partial charge in [-0.2, -0.15) is 0 Å². The second-order valence-corrected chi connectivity index (χ2v) is 5.14. The van der Waals surface area contributed by atoms with E-state index in [1.54, 1.807) is 18.2 Å². The van der Waals surface area contributed by atoms with Crippen molar-refractivity contribution < 1.29 is 9.94 Å². The molecule has 1 aromatic carbocycles. The van der Waals surface area contributed by atoms with Crippen LogP contribution >= 0.6 is 0 Å². The van der Waals surface area contributed by atoms with Gasteiger partial charge in [-0.25, -0.2) is 4.98 Å². The number of hydrogen-bond acceptors (Lipinski definition) is 4. The first kappa shape index (κ1) is 14.8. The number of aromatic nitrogens is 1. The first-order valence-corrected chi connectivity index (χ1v) is 6.74. The van der Waals surface area contributed by atoms with Crippen LogP contribution in [0.15, 0.2) is 41.6 Å². The van der Waals surface area contributed by atoms with E-state index in [1.807, 2.05) is 13.0 Å². The second-order valence-electron chi connectivity index (χ2n) is 5.14. The molecule has 0 spiro atoms. The van der Waals surface area contributed by atoms with Gasteiger partial charge in [0.2, 0.25) is 5.88 Å². The van der Waals surface area contributed by atoms with Crippen LogP contribution in [-0.4, -0.2) is 16.0 Å². The molecule has 5 nitrogen and oxygen atoms in total. The number of amidine groups is 1. The number of rotatable bonds is 4. The van der Waals surface area contributed by atoms with E-state index in [0.29, 0.717) is 17.5 Å². The minimum atomic E-state index is -0.0474. The maximum absolute atomic E-state index is 8.70. The van der Waals surface area contributed by atoms with Crippen LogP contribution in [0.25, 0.3) is 0 Å². The fraction of sp³-hybridized carbons (Fsp3) is 0.250. The molecule has 0 unspecified atom stereocenters. The molecule has 0 bridgehead atoms. The van der Waals surface area contributed by atoms with E-state index in [2.05, 4.69) is 36.1 Å². The highest BCUT2D eigenvalue weighted by atomic mass is 16.5. The van der Waals surface area contributed by atoms with Crippen molar-refractivity contribution >= 4 is 5.84 Å². The van der Waals surface area contributed by atoms with Gasteiger partial charge >= 0.3 is 0 Å². The zero-order valence-corrected chi connectivity index (χ0v) is 12.4. The van der Waals surface area contributed by atoms with Gasteiger partial charge in [0.1, 0.15) is 11.4 Å². The monoisotopic (exact) mass is 285 g/mol. The maximum atomic E-state index is 8.70. The van der Waals surface area contributed by atoms with Crippen molar-refractivity contribution in [1.82, 2.24) is 4.98 Å². The first-order chi connectivity index (χ1) is 10.0. The summed E-state index contributed by atoms with van der Waals surface area (Å²) in [5.41, 5.74) is 8.13. The molecule has 110 valence electrons. The van der Waals surface area contributed by atoms with Gasteiger partial charge in [0.15, 0.2) is 5.84 Å². The number of oxime groups is 1. The molecule has 2 rings (SSSR count). The molecular formula is C16H19N3O2. The summed E-state index contributed by atoms with van der Waals surface area (Å²) in [6, 6.07) is 11.2. The number of hydrogen-bond donors (Lipinski definition) is 2. The van der Waals surface area contributed by atoms with Gasteiger partial charge in [-0.1, -0.05) is 37.2 Å². The molecule has 0 aliphatic rings. The Morgan fingerprint density at radius 3 is 2.71 bits per heavy atom. The molecule has 21 heavy (non-hydrogen) atoms. The lowest BCUT2D eigenvalue weighted by Gasteiger charge is -2.14. The molecule has 0 radical (unpaired) electrons. The summed E-state index contributed by atoms with van der Waals surface area (Å²) < 4.78 is 5.88. The van der Waals surface area contributed by atoms with Crippen molar-refractivity contribution in [3.63, 3.8) is 0 Å². The Morgan fingerprint density at radius 2 is 2.05 bits per heavy atom. The largest absolute Gasteiger partial charge is 0.439 e. The maximum Gasteiger partial charge on any atom is 0.219 e. The average molecular weight is 285 g/mol. The molecule has 1 heterocycles. The average Bonchev–Trinajstić information content (AvgIpc) is 2.46. The summed E-state index contributed by atoms with van der Waals surface area (Å²) in [5, 5.41) is 11.6. The molecule has 3 N–H and O–H groups in total. The number of pyridine rings is 1. The lowest BCUT2D eigenvalue weighted by molar-refractivity contribution is 0.318. The zero-order chi connectivity index (χ0) is 15.4. The van der Waals surface area contributed by atoms with Crippen LogP contribution in [-0.2, 0) is 0 Å². The molecule has 0 amide bonds. The minimum Gasteiger partial charge on any atom is -0.439 e. The fourth-order valence-electron chi connectivity index (χ4n) is 1.99. The number of nitrogens with two attached hydrogens (primary N) is 1. The third kappa shape index (κ3) is 3.51. The molecule has 0 saturated carbocycles. The van der Waals surface area contributed by atoms with Gasteiger partial charge in [0.25, 0.3) is 0 Å². The zero-order valence-electron chi connectivity index (χ0n) is 12.4. The van der Waals surface area contributed by atoms with E-state index < -0.39 is 0 Å². The summed E-state index contributed by atoms with van der Waals surface area (Å²) >= 11 is 0. The van der Waals surface area contributed by atoms with Crippen molar-refractivity contribution in [1.29, 1.82) is 0 Å². The van der Waals surface area contributed by atoms with Gasteiger partial charge in [0, 0.05) is 6.07 Å². The van der Waals surface area contributed by atoms with E-state index in [4.69, 9.17) is 15.7 Å². The van der Waals surface area contributed by atoms with Gasteiger partial charge in [-0.05, 0) is 36.1 Å². The normalized spacial score (nSPS) is 11.7. The standard InChI is InChI=1S/C16H19N3O2/c1-10(2)12-8-7-11(3)9-14(12)21-15-6-4-5-13(18-15)16(17)19-20/h4-10,20H,1-3H3,(H2,17,19). The molecule has 2 aromatic rings. The third-order valence-electron chi connectivity index (χ3n) is 3.10. The topological polar surface area (TPSA) is 80.7 Å². The number of aryl methyl sites for hydroxylation is 1. The molecule has 5 heteroatoms. The van der Waals surface area contributed by atoms with Crippen LogP contribution < -0.4 is 10.5 Å². The highest BCUT2D eigenvalue weighted by molar-refractivity contribution is 5.95. The second kappa shape index (κ2) is 6.26. The Hall–Kier alpha value is -2.56. The first-order valence-electron chi connectivity index (χ1n) is 6.74. The summed E-state index contributed by atoms with van der Waals surface area (Å²) in [5.74, 6) is 1.47. The predicted molar refractivity (Wildman–Crippen MR) is 82.1 cm³/mol. The van der Waals surface area contributed by atoms with E-state index >= 15 is 0 Å². The smallest absolute Gasteiger partial charge is 0.219 e. The quantitative estimate of drug-likeness (QED) is 0.390. The van der Waals surface area contributed by atoms with Crippen LogP contribution in [0.3, 0.4) is 0 Å². The van der Waals surface area contributed by atoms with Crippen LogP contribution in [0, 0.1) is 6.92 Å². The van der Waals surface area contributed by atoms with Gasteiger partial charge in [-0.3, -0.25) is 0 Å². The van der Waals surface area contributed by atoms with E-state index in [-0.39, 0.29) is 5.84 Å². The summed E-state index contributed by atoms with van der Waals surface area (Å²) in [7, 11) is 0. The third-order valence-corrected chi connectivity index (χ3v) is 3.10. The minimum absolute atomic E-state index is 0.0474. The molecule has 0 fully saturated rings. The molecule has 0 atom stereocenters. The van der Waals surface area contributed by atoms with E-state index in [1.165, 1.54) is 0 Å². The summed E-state index contributed by atoms with van der Waals surface area (Å²) in [4.78, 5) is 4.23. The number of nitrogens with zero attached hydrogens (tertiary/aromatic N) is 2. The summed E-state index contributed by atoms with van der Waals surface area (Å²) in [6.45, 7) is 6.23. The molecule has 0 aliphatic heterocycles. The fourth-order valence-corrected chi connectivity index (χ4v) is 1.99. The van der Waals surface area contributed by atoms with Crippen LogP contribution in [0.5, 0.6) is 11.6 Å². The summed E-state index contributed by atoms with van der Waals surface area (Å²) in [6.07, 6.45) is 0. The van der Waals surface area contributed by atoms with Gasteiger partial charge < -0.3 is 15.7 Å². The number of benzene rings is 1. The Balaban J connectivity index is 2.36. The molecular weight excluding hydrogens is 266 g/mol. The number of ether oxygens (including phenoxy) is 1. The highest BCUT2D eigenvalue weighted by Crippen LogP contribution is 2.30. The van der Waals surface area contributed by atoms with Crippen molar-refractivity contribution in [3.05, 3.63) is 53.2 Å². The van der Waals surface area contributed by atoms with Gasteiger partial charge in [-0.15, -0.1) is 0 Å². The molecule has 0 aliphatic carbocycles. The Bertz CT molecular complexity index is 666. The van der Waals surface area contributed by atoms with Crippen LogP contribution in [0.4, 0.5) is 0 Å². The van der Waals surface area contributed by atoms with Crippen LogP contribution in [0.2, 0.25) is 0 Å². The Kier molecular flexibility index (Phi) is 4.42. The Labute approximate surface area is 124 Å². The SMILES string of the molecule is Cc1ccc(C(C)C)c(Oc2cccc(C(N)=NO)n2)c1. The van der Waals surface area contributed by atoms with Crippen molar-refractivity contribution in [2.24, 2.45) is 10.9 Å². The molecule has 1 aromatic heterocycles. The van der Waals surface area contributed by atoms with E-state index in [0.717, 1.165) is 16.9 Å². The molecule has 0 saturated heterocycles. The Morgan fingerprint density at radius 1 is 1.29 bits per heavy atom. The lowest BCUT2D eigenvalue weighted by Crippen LogP contribution is -2.15. The van der Waals surface area contributed by atoms with Gasteiger partial charge in [0.05, 0.1) is 0 Å². The van der Waals surface area contributed by atoms with Crippen LogP contribution in [0.1, 0.15) is 36.6 Å². The van der Waals surface area contributed by atoms with Crippen molar-refractivity contribution in [2.45, 2.75) is 26.7 Å². The van der Waals surface area contributed by atoms with Crippen molar-refractivity contribution in [2.75, 3.05) is 0 Å². The van der Waals surface area contributed by atoms with Crippen molar-refractivity contribution in [3.8, 4) is 11.6 Å². The van der Waals surface area contributed by atoms with E-state index in [9.17, 15) is 0 Å². The lowest BCUT2D eigenvalue weighted by atomic mass is 10.0. The predicted octanol–water partition coefficient (Wildman–Crippen LogP) is 3.40. The highest BCUT2D eigenvalue weighted by Gasteiger charge is 2.10.